The van der Waals surface area contributed by atoms with Crippen LogP contribution < -0.4 is 20.4 Å². The molecule has 4 fully saturated rings. The van der Waals surface area contributed by atoms with Crippen molar-refractivity contribution in [1.82, 2.24) is 44.3 Å². The highest BCUT2D eigenvalue weighted by Gasteiger charge is 2.49. The van der Waals surface area contributed by atoms with Gasteiger partial charge in [-0.15, -0.1) is 11.3 Å². The molecular weight excluding hydrogens is 950 g/mol. The third-order valence-corrected chi connectivity index (χ3v) is 16.4. The molecular formula is C51H51F3N12O5S. The molecule has 0 saturated carbocycles. The number of carbonyl (C=O) groups is 5. The molecule has 2 atom stereocenters. The van der Waals surface area contributed by atoms with Crippen LogP contribution in [0.4, 0.5) is 34.6 Å². The minimum Gasteiger partial charge on any atom is -0.371 e. The highest BCUT2D eigenvalue weighted by atomic mass is 32.1. The normalized spacial score (nSPS) is 21.0. The summed E-state index contributed by atoms with van der Waals surface area (Å²) in [4.78, 5) is 83.0. The molecule has 3 aromatic carbocycles. The van der Waals surface area contributed by atoms with E-state index in [2.05, 4.69) is 35.5 Å². The molecule has 17 nitrogen and oxygen atoms in total. The van der Waals surface area contributed by atoms with Gasteiger partial charge in [0.25, 0.3) is 17.7 Å². The lowest BCUT2D eigenvalue weighted by Crippen LogP contribution is -2.62. The molecule has 6 aliphatic rings. The second-order valence-electron chi connectivity index (χ2n) is 20.1. The second-order valence-corrected chi connectivity index (χ2v) is 21.0. The number of alkyl halides is 2. The number of anilines is 3. The number of rotatable bonds is 10. The molecule has 4 saturated heterocycles. The number of piperidine rings is 2. The number of hydrogen-bond acceptors (Lipinski definition) is 11. The molecule has 72 heavy (non-hydrogen) atoms. The number of benzene rings is 3. The number of imidazole rings is 1. The van der Waals surface area contributed by atoms with Crippen LogP contribution >= 0.6 is 11.3 Å². The van der Waals surface area contributed by atoms with E-state index in [1.807, 2.05) is 28.8 Å². The van der Waals surface area contributed by atoms with Gasteiger partial charge in [0.15, 0.2) is 17.0 Å². The predicted molar refractivity (Wildman–Crippen MR) is 261 cm³/mol. The summed E-state index contributed by atoms with van der Waals surface area (Å²) in [7, 11) is 1.69. The molecule has 2 N–H and O–H groups in total. The van der Waals surface area contributed by atoms with E-state index >= 15 is 13.2 Å². The first kappa shape index (κ1) is 46.0. The maximum absolute atomic E-state index is 16.0. The van der Waals surface area contributed by atoms with Crippen LogP contribution in [-0.4, -0.2) is 127 Å². The van der Waals surface area contributed by atoms with Gasteiger partial charge in [-0.05, 0) is 90.6 Å². The first-order valence-corrected chi connectivity index (χ1v) is 25.3. The third kappa shape index (κ3) is 8.05. The number of nitrogens with one attached hydrogen (secondary N) is 2. The fraction of sp³-hybridized carbons (Fsp3) is 0.412. The summed E-state index contributed by atoms with van der Waals surface area (Å²) < 4.78 is 51.4. The van der Waals surface area contributed by atoms with Crippen molar-refractivity contribution in [3.63, 3.8) is 0 Å². The summed E-state index contributed by atoms with van der Waals surface area (Å²) in [5, 5.41) is 12.4. The summed E-state index contributed by atoms with van der Waals surface area (Å²) in [6, 6.07) is 14.4. The minimum absolute atomic E-state index is 0.0495. The number of thiazole rings is 1. The SMILES string of the molecule is Cn1nc(N2CCC(=O)NC2=O)c2ccc(C3CCN(C(=O)CN4CC5(CCN(c6ccc(-c7cc(F)c8c(c7)C(=O)N(C(C(=O)Nc7nccs7)c7ncn9c7CCC9)C8)cc6)CC5)C4)CC3(F)F)cc21. The highest BCUT2D eigenvalue weighted by Crippen LogP contribution is 2.45. The number of aromatic nitrogens is 5. The van der Waals surface area contributed by atoms with Crippen LogP contribution in [0.3, 0.4) is 0 Å². The van der Waals surface area contributed by atoms with Crippen LogP contribution in [0, 0.1) is 11.2 Å². The molecule has 3 aromatic heterocycles. The number of likely N-dealkylation sites (tertiary alicyclic amines) is 2. The number of amides is 6. The number of halogens is 3. The Morgan fingerprint density at radius 1 is 0.931 bits per heavy atom. The van der Waals surface area contributed by atoms with Gasteiger partial charge in [0.05, 0.1) is 43.1 Å². The molecule has 21 heteroatoms. The van der Waals surface area contributed by atoms with Gasteiger partial charge < -0.3 is 19.3 Å². The van der Waals surface area contributed by atoms with E-state index in [-0.39, 0.29) is 67.4 Å². The summed E-state index contributed by atoms with van der Waals surface area (Å²) in [5.41, 5.74) is 5.25. The maximum Gasteiger partial charge on any atom is 0.329 e. The van der Waals surface area contributed by atoms with Crippen molar-refractivity contribution in [3.8, 4) is 11.1 Å². The van der Waals surface area contributed by atoms with Crippen molar-refractivity contribution in [1.29, 1.82) is 0 Å². The molecule has 0 bridgehead atoms. The van der Waals surface area contributed by atoms with Crippen LogP contribution in [-0.2, 0) is 40.9 Å². The zero-order valence-electron chi connectivity index (χ0n) is 39.5. The average molecular weight is 1000 g/mol. The van der Waals surface area contributed by atoms with E-state index in [9.17, 15) is 24.0 Å². The van der Waals surface area contributed by atoms with Gasteiger partial charge in [-0.2, -0.15) is 5.10 Å². The van der Waals surface area contributed by atoms with Gasteiger partial charge in [0, 0.05) is 98.8 Å². The van der Waals surface area contributed by atoms with Gasteiger partial charge in [0.1, 0.15) is 5.82 Å². The predicted octanol–water partition coefficient (Wildman–Crippen LogP) is 6.31. The van der Waals surface area contributed by atoms with E-state index in [4.69, 9.17) is 0 Å². The molecule has 6 aromatic rings. The van der Waals surface area contributed by atoms with Gasteiger partial charge in [-0.3, -0.25) is 44.3 Å². The Kier molecular flexibility index (Phi) is 11.2. The van der Waals surface area contributed by atoms with Crippen molar-refractivity contribution in [2.75, 3.05) is 67.5 Å². The fourth-order valence-electron chi connectivity index (χ4n) is 11.9. The number of hydrogen-bond donors (Lipinski definition) is 2. The van der Waals surface area contributed by atoms with Crippen LogP contribution in [0.15, 0.2) is 72.5 Å². The van der Waals surface area contributed by atoms with Crippen LogP contribution in [0.1, 0.15) is 76.9 Å². The van der Waals surface area contributed by atoms with Crippen LogP contribution in [0.2, 0.25) is 0 Å². The van der Waals surface area contributed by atoms with E-state index in [1.54, 1.807) is 53.9 Å². The number of fused-ring (bicyclic) bond motifs is 3. The molecule has 2 unspecified atom stereocenters. The first-order valence-electron chi connectivity index (χ1n) is 24.4. The van der Waals surface area contributed by atoms with E-state index < -0.39 is 48.1 Å². The van der Waals surface area contributed by atoms with Gasteiger partial charge in [-0.25, -0.2) is 27.9 Å². The largest absolute Gasteiger partial charge is 0.371 e. The quantitative estimate of drug-likeness (QED) is 0.158. The summed E-state index contributed by atoms with van der Waals surface area (Å²) >= 11 is 1.27. The van der Waals surface area contributed by atoms with Crippen molar-refractivity contribution < 1.29 is 37.1 Å². The van der Waals surface area contributed by atoms with Crippen LogP contribution in [0.25, 0.3) is 22.0 Å². The Morgan fingerprint density at radius 3 is 2.49 bits per heavy atom. The third-order valence-electron chi connectivity index (χ3n) is 15.7. The molecule has 9 heterocycles. The number of nitrogens with zero attached hydrogens (tertiary/aromatic N) is 10. The molecule has 372 valence electrons. The highest BCUT2D eigenvalue weighted by molar-refractivity contribution is 7.13. The fourth-order valence-corrected chi connectivity index (χ4v) is 12.4. The number of urea groups is 1. The monoisotopic (exact) mass is 1000 g/mol. The molecule has 0 radical (unpaired) electrons. The summed E-state index contributed by atoms with van der Waals surface area (Å²) in [5.74, 6) is -5.97. The van der Waals surface area contributed by atoms with Gasteiger partial charge >= 0.3 is 6.03 Å². The number of carbonyl (C=O) groups excluding carboxylic acids is 5. The second kappa shape index (κ2) is 17.6. The Bertz CT molecular complexity index is 3180. The van der Waals surface area contributed by atoms with E-state index in [1.165, 1.54) is 32.1 Å². The molecule has 6 aliphatic heterocycles. The lowest BCUT2D eigenvalue weighted by molar-refractivity contribution is -0.148. The van der Waals surface area contributed by atoms with Crippen molar-refractivity contribution in [2.45, 2.75) is 69.5 Å². The molecule has 6 amide bonds. The molecule has 12 rings (SSSR count). The molecule has 1 spiro atoms. The number of imide groups is 1. The zero-order valence-corrected chi connectivity index (χ0v) is 40.3. The van der Waals surface area contributed by atoms with Crippen molar-refractivity contribution in [3.05, 3.63) is 106 Å². The van der Waals surface area contributed by atoms with Gasteiger partial charge in [-0.1, -0.05) is 18.2 Å². The standard InChI is InChI=1S/C51H51F3N12O5S/c1-60-40-23-31(6-9-34(40)45(59-60)65-17-11-41(67)57-49(65)71)37-10-16-63(28-51(37,53)54)42(68)25-61-26-50(27-61)12-18-62(19-13-50)33-7-4-30(5-8-33)32-21-35-36(38(52)22-32)24-66(47(35)70)44(46(69)58-48-55-14-20-72-48)43-39-3-2-15-64(39)29-56-43/h4-9,14,20-23,29,37,44H,2-3,10-13,15-19,24-28H2,1H3,(H,55,58,69)(H,57,67,71). The smallest absolute Gasteiger partial charge is 0.329 e. The Morgan fingerprint density at radius 2 is 1.74 bits per heavy atom. The zero-order chi connectivity index (χ0) is 49.6. The van der Waals surface area contributed by atoms with Crippen LogP contribution in [0.5, 0.6) is 0 Å². The average Bonchev–Trinajstić information content (AvgIpc) is 4.21. The number of aryl methyl sites for hydroxylation is 2. The van der Waals surface area contributed by atoms with E-state index in [0.717, 1.165) is 75.4 Å². The van der Waals surface area contributed by atoms with Crippen molar-refractivity contribution >= 4 is 68.5 Å². The van der Waals surface area contributed by atoms with E-state index in [0.29, 0.717) is 38.7 Å². The maximum atomic E-state index is 16.0. The molecule has 0 aliphatic carbocycles. The van der Waals surface area contributed by atoms with Crippen molar-refractivity contribution in [2.24, 2.45) is 12.5 Å². The Hall–Kier alpha value is -7.13. The minimum atomic E-state index is -3.16. The van der Waals surface area contributed by atoms with Gasteiger partial charge in [0.2, 0.25) is 11.8 Å². The topological polar surface area (TPSA) is 174 Å². The summed E-state index contributed by atoms with van der Waals surface area (Å²) in [6.07, 6.45) is 6.97. The summed E-state index contributed by atoms with van der Waals surface area (Å²) in [6.45, 7) is 3.57. The first-order chi connectivity index (χ1) is 34.7. The lowest BCUT2D eigenvalue weighted by atomic mass is 9.72. The Labute approximate surface area is 415 Å². The lowest BCUT2D eigenvalue weighted by Gasteiger charge is -2.54. The Balaban J connectivity index is 0.644.